The molecule has 0 spiro atoms. The maximum absolute atomic E-state index is 13.1. The fourth-order valence-corrected chi connectivity index (χ4v) is 3.87. The van der Waals surface area contributed by atoms with Crippen LogP contribution in [0.4, 0.5) is 19.0 Å². The van der Waals surface area contributed by atoms with Crippen LogP contribution in [0, 0.1) is 6.92 Å². The fourth-order valence-electron chi connectivity index (χ4n) is 3.74. The van der Waals surface area contributed by atoms with Gasteiger partial charge >= 0.3 is 11.9 Å². The van der Waals surface area contributed by atoms with E-state index in [4.69, 9.17) is 16.1 Å². The number of alkyl halides is 3. The molecule has 212 valence electrons. The first-order valence-electron chi connectivity index (χ1n) is 11.8. The molecule has 1 atom stereocenters. The van der Waals surface area contributed by atoms with Crippen molar-refractivity contribution in [1.29, 1.82) is 0 Å². The number of rotatable bonds is 8. The summed E-state index contributed by atoms with van der Waals surface area (Å²) in [6, 6.07) is 10.6. The zero-order valence-corrected chi connectivity index (χ0v) is 21.7. The van der Waals surface area contributed by atoms with Gasteiger partial charge in [-0.25, -0.2) is 24.1 Å². The van der Waals surface area contributed by atoms with E-state index in [0.29, 0.717) is 22.0 Å². The zero-order chi connectivity index (χ0) is 29.3. The van der Waals surface area contributed by atoms with Crippen molar-refractivity contribution in [3.8, 4) is 17.1 Å². The number of pyridine rings is 1. The molecule has 5 aromatic rings. The summed E-state index contributed by atoms with van der Waals surface area (Å²) >= 11 is 5.91. The van der Waals surface area contributed by atoms with Crippen molar-refractivity contribution in [2.75, 3.05) is 5.32 Å². The van der Waals surface area contributed by atoms with Crippen LogP contribution in [-0.2, 0) is 13.1 Å². The van der Waals surface area contributed by atoms with E-state index in [1.165, 1.54) is 47.5 Å². The van der Waals surface area contributed by atoms with Gasteiger partial charge in [0.05, 0.1) is 6.54 Å². The number of anilines is 1. The van der Waals surface area contributed by atoms with Gasteiger partial charge in [0.15, 0.2) is 29.3 Å². The molecule has 4 aromatic heterocycles. The Kier molecular flexibility index (Phi) is 7.42. The monoisotopic (exact) mass is 589 g/mol. The molecule has 0 saturated heterocycles. The first kappa shape index (κ1) is 27.7. The predicted octanol–water partition coefficient (Wildman–Crippen LogP) is 2.86. The Bertz CT molecular complexity index is 1760. The van der Waals surface area contributed by atoms with Gasteiger partial charge in [-0.1, -0.05) is 16.8 Å². The number of nitrogens with zero attached hydrogens (tertiary/aromatic N) is 8. The number of aromatic nitrogens is 8. The highest BCUT2D eigenvalue weighted by atomic mass is 35.5. The van der Waals surface area contributed by atoms with Gasteiger partial charge in [-0.3, -0.25) is 9.36 Å². The van der Waals surface area contributed by atoms with Crippen molar-refractivity contribution < 1.29 is 27.6 Å². The Balaban J connectivity index is 1.44. The van der Waals surface area contributed by atoms with E-state index in [-0.39, 0.29) is 29.7 Å². The molecular formula is C24H19ClF3N9O4. The molecule has 13 nitrogen and oxygen atoms in total. The summed E-state index contributed by atoms with van der Waals surface area (Å²) in [4.78, 5) is 34.0. The lowest BCUT2D eigenvalue weighted by atomic mass is 10.2. The maximum Gasteiger partial charge on any atom is 0.416 e. The third kappa shape index (κ3) is 6.02. The van der Waals surface area contributed by atoms with E-state index in [2.05, 4.69) is 30.6 Å². The number of aliphatic hydroxyl groups excluding tert-OH is 1. The second kappa shape index (κ2) is 11.0. The van der Waals surface area contributed by atoms with E-state index >= 15 is 0 Å². The molecular weight excluding hydrogens is 571 g/mol. The van der Waals surface area contributed by atoms with E-state index in [0.717, 1.165) is 9.25 Å². The summed E-state index contributed by atoms with van der Waals surface area (Å²) in [5.41, 5.74) is -0.253. The van der Waals surface area contributed by atoms with E-state index in [1.54, 1.807) is 19.1 Å². The number of carbonyl (C=O) groups excluding carboxylic acids is 1. The van der Waals surface area contributed by atoms with Crippen molar-refractivity contribution in [3.05, 3.63) is 87.8 Å². The van der Waals surface area contributed by atoms with Gasteiger partial charge in [0, 0.05) is 22.8 Å². The van der Waals surface area contributed by atoms with E-state index in [9.17, 15) is 27.9 Å². The lowest BCUT2D eigenvalue weighted by molar-refractivity contribution is -0.207. The van der Waals surface area contributed by atoms with Crippen LogP contribution in [0.5, 0.6) is 0 Å². The second-order valence-corrected chi connectivity index (χ2v) is 9.13. The smallest absolute Gasteiger partial charge is 0.382 e. The molecule has 1 aromatic carbocycles. The molecule has 4 heterocycles. The van der Waals surface area contributed by atoms with Gasteiger partial charge in [0.1, 0.15) is 24.3 Å². The second-order valence-electron chi connectivity index (χ2n) is 8.69. The van der Waals surface area contributed by atoms with Crippen LogP contribution < -0.4 is 11.0 Å². The van der Waals surface area contributed by atoms with E-state index in [1.807, 2.05) is 0 Å². The lowest BCUT2D eigenvalue weighted by Gasteiger charge is -2.15. The van der Waals surface area contributed by atoms with Gasteiger partial charge in [-0.15, -0.1) is 10.2 Å². The first-order chi connectivity index (χ1) is 19.5. The minimum absolute atomic E-state index is 0.0421. The Morgan fingerprint density at radius 2 is 1.93 bits per heavy atom. The third-order valence-corrected chi connectivity index (χ3v) is 5.97. The summed E-state index contributed by atoms with van der Waals surface area (Å²) in [5, 5.41) is 24.8. The average molecular weight is 590 g/mol. The molecule has 0 saturated carbocycles. The lowest BCUT2D eigenvalue weighted by Crippen LogP contribution is -2.37. The molecule has 41 heavy (non-hydrogen) atoms. The molecule has 2 N–H and O–H groups in total. The summed E-state index contributed by atoms with van der Waals surface area (Å²) in [5.74, 6) is -0.0434. The minimum atomic E-state index is -4.96. The molecule has 0 aliphatic carbocycles. The highest BCUT2D eigenvalue weighted by molar-refractivity contribution is 6.30. The molecule has 1 amide bonds. The largest absolute Gasteiger partial charge is 0.416 e. The van der Waals surface area contributed by atoms with Crippen molar-refractivity contribution >= 4 is 23.3 Å². The average Bonchev–Trinajstić information content (AvgIpc) is 3.65. The number of aliphatic hydroxyl groups is 1. The predicted molar refractivity (Wildman–Crippen MR) is 136 cm³/mol. The SMILES string of the molecule is Cc1cc(C(=O)Nc2ncccc2-n2cnc(Cn3nc(-c4ccc(Cl)cc4)n(C[C@H](O)C(F)(F)F)c3=O)n2)no1. The van der Waals surface area contributed by atoms with Gasteiger partial charge < -0.3 is 14.9 Å². The van der Waals surface area contributed by atoms with Crippen molar-refractivity contribution in [2.24, 2.45) is 0 Å². The molecule has 0 aliphatic rings. The summed E-state index contributed by atoms with van der Waals surface area (Å²) in [6.07, 6.45) is -5.01. The molecule has 5 rings (SSSR count). The van der Waals surface area contributed by atoms with Crippen LogP contribution in [0.1, 0.15) is 22.1 Å². The Morgan fingerprint density at radius 3 is 2.61 bits per heavy atom. The quantitative estimate of drug-likeness (QED) is 0.277. The van der Waals surface area contributed by atoms with Crippen molar-refractivity contribution in [1.82, 2.24) is 39.3 Å². The zero-order valence-electron chi connectivity index (χ0n) is 20.9. The highest BCUT2D eigenvalue weighted by Gasteiger charge is 2.39. The van der Waals surface area contributed by atoms with Crippen LogP contribution in [0.2, 0.25) is 5.02 Å². The third-order valence-electron chi connectivity index (χ3n) is 5.71. The maximum atomic E-state index is 13.1. The van der Waals surface area contributed by atoms with Crippen LogP contribution >= 0.6 is 11.6 Å². The minimum Gasteiger partial charge on any atom is -0.382 e. The Labute approximate surface area is 232 Å². The summed E-state index contributed by atoms with van der Waals surface area (Å²) < 4.78 is 47.1. The highest BCUT2D eigenvalue weighted by Crippen LogP contribution is 2.24. The van der Waals surface area contributed by atoms with Gasteiger partial charge in [-0.05, 0) is 43.3 Å². The van der Waals surface area contributed by atoms with E-state index < -0.39 is 30.4 Å². The van der Waals surface area contributed by atoms with Crippen molar-refractivity contribution in [2.45, 2.75) is 32.3 Å². The molecule has 0 aliphatic heterocycles. The van der Waals surface area contributed by atoms with Crippen LogP contribution in [0.3, 0.4) is 0 Å². The van der Waals surface area contributed by atoms with Crippen molar-refractivity contribution in [3.63, 3.8) is 0 Å². The number of benzene rings is 1. The number of halogens is 4. The normalized spacial score (nSPS) is 12.4. The van der Waals surface area contributed by atoms with Gasteiger partial charge in [0.2, 0.25) is 0 Å². The van der Waals surface area contributed by atoms with Gasteiger partial charge in [0.25, 0.3) is 5.91 Å². The number of hydrogen-bond acceptors (Lipinski definition) is 9. The summed E-state index contributed by atoms with van der Waals surface area (Å²) in [7, 11) is 0. The first-order valence-corrected chi connectivity index (χ1v) is 12.2. The standard InChI is InChI=1S/C24H19ClF3N9O4/c1-13-9-16(34-41-13)22(39)31-20-17(3-2-8-29-20)37-12-30-19(32-37)11-36-23(40)35(10-18(38)24(26,27)28)21(33-36)14-4-6-15(25)7-5-14/h2-9,12,18,38H,10-11H2,1H3,(H,29,31,39)/t18-/m0/s1. The topological polar surface area (TPSA) is 159 Å². The Hall–Kier alpha value is -4.83. The van der Waals surface area contributed by atoms with Crippen LogP contribution in [-0.4, -0.2) is 62.5 Å². The fraction of sp³-hybridized carbons (Fsp3) is 0.208. The number of carbonyl (C=O) groups is 1. The molecule has 0 fully saturated rings. The number of hydrogen-bond donors (Lipinski definition) is 2. The Morgan fingerprint density at radius 1 is 1.17 bits per heavy atom. The van der Waals surface area contributed by atoms with Crippen LogP contribution in [0.25, 0.3) is 17.1 Å². The summed E-state index contributed by atoms with van der Waals surface area (Å²) in [6.45, 7) is 0.242. The number of aryl methyl sites for hydroxylation is 1. The molecule has 0 bridgehead atoms. The molecule has 17 heteroatoms. The molecule has 0 radical (unpaired) electrons. The number of amides is 1. The molecule has 0 unspecified atom stereocenters. The number of nitrogens with one attached hydrogen (secondary N) is 1. The van der Waals surface area contributed by atoms with Gasteiger partial charge in [-0.2, -0.15) is 13.2 Å². The van der Waals surface area contributed by atoms with Crippen LogP contribution in [0.15, 0.2) is 64.3 Å².